The van der Waals surface area contributed by atoms with Gasteiger partial charge < -0.3 is 0 Å². The van der Waals surface area contributed by atoms with E-state index in [1.54, 1.807) is 11.1 Å². The van der Waals surface area contributed by atoms with Gasteiger partial charge in [-0.25, -0.2) is 0 Å². The van der Waals surface area contributed by atoms with Crippen molar-refractivity contribution in [2.24, 2.45) is 46.3 Å². The molecule has 4 aliphatic carbocycles. The van der Waals surface area contributed by atoms with Gasteiger partial charge in [-0.15, -0.1) is 12.3 Å². The molecule has 0 spiro atoms. The lowest BCUT2D eigenvalue weighted by Gasteiger charge is -2.54. The second-order valence-corrected chi connectivity index (χ2v) is 11.8. The van der Waals surface area contributed by atoms with E-state index >= 15 is 0 Å². The second-order valence-electron chi connectivity index (χ2n) is 11.8. The van der Waals surface area contributed by atoms with Crippen molar-refractivity contribution in [2.45, 2.75) is 99.8 Å². The monoisotopic (exact) mass is 394 g/mol. The molecule has 0 radical (unpaired) electrons. The highest BCUT2D eigenvalue weighted by molar-refractivity contribution is 5.38. The average molecular weight is 395 g/mol. The summed E-state index contributed by atoms with van der Waals surface area (Å²) in [4.78, 5) is 0. The predicted molar refractivity (Wildman–Crippen MR) is 127 cm³/mol. The number of allylic oxidation sites excluding steroid dienone is 4. The van der Waals surface area contributed by atoms with Crippen LogP contribution in [-0.2, 0) is 0 Å². The van der Waals surface area contributed by atoms with Gasteiger partial charge in [-0.1, -0.05) is 78.2 Å². The summed E-state index contributed by atoms with van der Waals surface area (Å²) < 4.78 is 0. The SMILES string of the molecule is C#CC(C)C1CCC2C3=CC=C4CCCCC4(C)C3CCC21C.CC(C)C(C)C. The Balaban J connectivity index is 0.000000353. The molecule has 0 amide bonds. The molecule has 0 aromatic heterocycles. The molecule has 0 N–H and O–H groups in total. The van der Waals surface area contributed by atoms with Crippen molar-refractivity contribution in [3.05, 3.63) is 23.3 Å². The molecule has 4 rings (SSSR count). The molecule has 29 heavy (non-hydrogen) atoms. The van der Waals surface area contributed by atoms with Crippen molar-refractivity contribution < 1.29 is 0 Å². The van der Waals surface area contributed by atoms with E-state index in [1.807, 2.05) is 0 Å². The fraction of sp³-hybridized carbons (Fsp3) is 0.793. The molecule has 0 heterocycles. The zero-order chi connectivity index (χ0) is 21.4. The predicted octanol–water partition coefficient (Wildman–Crippen LogP) is 8.44. The van der Waals surface area contributed by atoms with E-state index in [0.717, 1.165) is 29.6 Å². The van der Waals surface area contributed by atoms with Crippen LogP contribution >= 0.6 is 0 Å². The Hall–Kier alpha value is -0.960. The standard InChI is InChI=1S/C23H32.C6H14/c1-5-16(2)19-11-12-20-18-10-9-17-8-6-7-14-22(17,3)21(18)13-15-23(19,20)4;1-5(2)6(3)4/h1,9-10,16,19-21H,6-8,11-15H2,2-4H3;5-6H,1-4H3. The minimum absolute atomic E-state index is 0.433. The Morgan fingerprint density at radius 2 is 1.59 bits per heavy atom. The van der Waals surface area contributed by atoms with Crippen LogP contribution in [0.1, 0.15) is 99.8 Å². The van der Waals surface area contributed by atoms with Gasteiger partial charge in [0, 0.05) is 5.92 Å². The van der Waals surface area contributed by atoms with Crippen LogP contribution in [0.2, 0.25) is 0 Å². The third-order valence-corrected chi connectivity index (χ3v) is 9.76. The summed E-state index contributed by atoms with van der Waals surface area (Å²) in [5.41, 5.74) is 4.48. The quantitative estimate of drug-likeness (QED) is 0.412. The van der Waals surface area contributed by atoms with E-state index in [0.29, 0.717) is 16.7 Å². The topological polar surface area (TPSA) is 0 Å². The van der Waals surface area contributed by atoms with Gasteiger partial charge in [0.2, 0.25) is 0 Å². The maximum absolute atomic E-state index is 5.80. The van der Waals surface area contributed by atoms with Crippen LogP contribution in [0.3, 0.4) is 0 Å². The molecule has 162 valence electrons. The van der Waals surface area contributed by atoms with Gasteiger partial charge in [-0.2, -0.15) is 0 Å². The Bertz CT molecular complexity index is 677. The largest absolute Gasteiger partial charge is 0.120 e. The summed E-state index contributed by atoms with van der Waals surface area (Å²) in [6, 6.07) is 0. The molecule has 0 saturated heterocycles. The first kappa shape index (κ1) is 22.7. The van der Waals surface area contributed by atoms with E-state index in [2.05, 4.69) is 66.5 Å². The zero-order valence-corrected chi connectivity index (χ0v) is 20.4. The molecule has 0 aromatic carbocycles. The van der Waals surface area contributed by atoms with Crippen molar-refractivity contribution in [3.8, 4) is 12.3 Å². The van der Waals surface area contributed by atoms with E-state index in [4.69, 9.17) is 6.42 Å². The van der Waals surface area contributed by atoms with Crippen LogP contribution in [0.25, 0.3) is 0 Å². The fourth-order valence-electron chi connectivity index (χ4n) is 7.01. The third kappa shape index (κ3) is 4.01. The molecular weight excluding hydrogens is 348 g/mol. The highest BCUT2D eigenvalue weighted by atomic mass is 14.6. The average Bonchev–Trinajstić information content (AvgIpc) is 3.04. The number of terminal acetylenes is 1. The van der Waals surface area contributed by atoms with Crippen molar-refractivity contribution in [1.29, 1.82) is 0 Å². The fourth-order valence-corrected chi connectivity index (χ4v) is 7.01. The summed E-state index contributed by atoms with van der Waals surface area (Å²) in [5, 5.41) is 0. The van der Waals surface area contributed by atoms with Gasteiger partial charge in [0.1, 0.15) is 0 Å². The van der Waals surface area contributed by atoms with Crippen LogP contribution in [-0.4, -0.2) is 0 Å². The minimum Gasteiger partial charge on any atom is -0.120 e. The van der Waals surface area contributed by atoms with Crippen molar-refractivity contribution in [3.63, 3.8) is 0 Å². The van der Waals surface area contributed by atoms with Crippen LogP contribution in [0.5, 0.6) is 0 Å². The van der Waals surface area contributed by atoms with Crippen LogP contribution in [0.4, 0.5) is 0 Å². The number of fused-ring (bicyclic) bond motifs is 5. The zero-order valence-electron chi connectivity index (χ0n) is 20.4. The molecule has 3 fully saturated rings. The number of hydrogen-bond acceptors (Lipinski definition) is 0. The molecule has 0 aromatic rings. The van der Waals surface area contributed by atoms with Gasteiger partial charge in [0.05, 0.1) is 0 Å². The van der Waals surface area contributed by atoms with Gasteiger partial charge in [-0.3, -0.25) is 0 Å². The first-order valence-corrected chi connectivity index (χ1v) is 12.5. The summed E-state index contributed by atoms with van der Waals surface area (Å²) in [5.74, 6) is 7.53. The highest BCUT2D eigenvalue weighted by Gasteiger charge is 2.56. The maximum Gasteiger partial charge on any atom is 0.0205 e. The van der Waals surface area contributed by atoms with Crippen LogP contribution in [0, 0.1) is 58.7 Å². The smallest absolute Gasteiger partial charge is 0.0205 e. The summed E-state index contributed by atoms with van der Waals surface area (Å²) in [6.45, 7) is 16.4. The van der Waals surface area contributed by atoms with Gasteiger partial charge >= 0.3 is 0 Å². The lowest BCUT2D eigenvalue weighted by atomic mass is 9.50. The first-order valence-electron chi connectivity index (χ1n) is 12.5. The third-order valence-electron chi connectivity index (χ3n) is 9.76. The Morgan fingerprint density at radius 3 is 2.21 bits per heavy atom. The summed E-state index contributed by atoms with van der Waals surface area (Å²) in [7, 11) is 0. The van der Waals surface area contributed by atoms with E-state index in [1.165, 1.54) is 51.4 Å². The molecule has 6 atom stereocenters. The first-order chi connectivity index (χ1) is 13.6. The van der Waals surface area contributed by atoms with Crippen molar-refractivity contribution >= 4 is 0 Å². The minimum atomic E-state index is 0.433. The van der Waals surface area contributed by atoms with Crippen LogP contribution < -0.4 is 0 Å². The summed E-state index contributed by atoms with van der Waals surface area (Å²) in [6.07, 6.45) is 21.9. The molecule has 0 bridgehead atoms. The Kier molecular flexibility index (Phi) is 6.78. The van der Waals surface area contributed by atoms with Gasteiger partial charge in [0.25, 0.3) is 0 Å². The van der Waals surface area contributed by atoms with E-state index < -0.39 is 0 Å². The van der Waals surface area contributed by atoms with Gasteiger partial charge in [-0.05, 0) is 85.4 Å². The molecule has 4 aliphatic rings. The molecule has 0 heteroatoms. The van der Waals surface area contributed by atoms with Crippen molar-refractivity contribution in [1.82, 2.24) is 0 Å². The molecule has 3 saturated carbocycles. The van der Waals surface area contributed by atoms with Crippen LogP contribution in [0.15, 0.2) is 23.3 Å². The molecule has 0 nitrogen and oxygen atoms in total. The molecule has 0 aliphatic heterocycles. The van der Waals surface area contributed by atoms with Crippen molar-refractivity contribution in [2.75, 3.05) is 0 Å². The maximum atomic E-state index is 5.80. The van der Waals surface area contributed by atoms with Gasteiger partial charge in [0.15, 0.2) is 0 Å². The summed E-state index contributed by atoms with van der Waals surface area (Å²) >= 11 is 0. The number of hydrogen-bond donors (Lipinski definition) is 0. The van der Waals surface area contributed by atoms with E-state index in [9.17, 15) is 0 Å². The molecular formula is C29H46. The molecule has 6 unspecified atom stereocenters. The second kappa shape index (κ2) is 8.65. The normalized spacial score (nSPS) is 39.2. The highest BCUT2D eigenvalue weighted by Crippen LogP contribution is 2.65. The lowest BCUT2D eigenvalue weighted by Crippen LogP contribution is -2.45. The lowest BCUT2D eigenvalue weighted by molar-refractivity contribution is 0.0589. The van der Waals surface area contributed by atoms with E-state index in [-0.39, 0.29) is 0 Å². The number of rotatable bonds is 2. The Labute approximate surface area is 182 Å². The Morgan fingerprint density at radius 1 is 0.897 bits per heavy atom.